The monoisotopic (exact) mass is 386 g/mol. The second kappa shape index (κ2) is 7.60. The maximum Gasteiger partial charge on any atom is 0.416 e. The summed E-state index contributed by atoms with van der Waals surface area (Å²) in [6, 6.07) is 2.10. The molecule has 1 amide bonds. The van der Waals surface area contributed by atoms with Gasteiger partial charge in [0.05, 0.1) is 22.5 Å². The number of rotatable bonds is 6. The van der Waals surface area contributed by atoms with Gasteiger partial charge in [-0.05, 0) is 31.5 Å². The molecule has 10 heteroatoms. The van der Waals surface area contributed by atoms with Crippen molar-refractivity contribution in [3.63, 3.8) is 0 Å². The average Bonchev–Trinajstić information content (AvgIpc) is 2.43. The van der Waals surface area contributed by atoms with Gasteiger partial charge in [0.25, 0.3) is 0 Å². The van der Waals surface area contributed by atoms with Crippen LogP contribution in [0.2, 0.25) is 5.02 Å². The zero-order valence-electron chi connectivity index (χ0n) is 13.3. The molecule has 136 valence electrons. The van der Waals surface area contributed by atoms with Crippen LogP contribution in [0.5, 0.6) is 0 Å². The van der Waals surface area contributed by atoms with E-state index in [2.05, 4.69) is 5.32 Å². The summed E-state index contributed by atoms with van der Waals surface area (Å²) in [5.41, 5.74) is -1.45. The Hall–Kier alpha value is -1.48. The highest BCUT2D eigenvalue weighted by Crippen LogP contribution is 2.36. The van der Waals surface area contributed by atoms with E-state index in [0.717, 1.165) is 18.4 Å². The zero-order chi connectivity index (χ0) is 18.7. The Morgan fingerprint density at radius 1 is 1.38 bits per heavy atom. The van der Waals surface area contributed by atoms with Crippen LogP contribution in [0.3, 0.4) is 0 Å². The van der Waals surface area contributed by atoms with Gasteiger partial charge in [-0.25, -0.2) is 8.42 Å². The van der Waals surface area contributed by atoms with E-state index in [1.807, 2.05) is 6.92 Å². The van der Waals surface area contributed by atoms with Crippen LogP contribution in [-0.4, -0.2) is 33.2 Å². The van der Waals surface area contributed by atoms with Crippen molar-refractivity contribution < 1.29 is 26.4 Å². The molecule has 0 radical (unpaired) electrons. The summed E-state index contributed by atoms with van der Waals surface area (Å²) in [6.45, 7) is 2.88. The molecule has 0 fully saturated rings. The first kappa shape index (κ1) is 20.6. The Labute approximate surface area is 143 Å². The number of alkyl halides is 3. The first-order chi connectivity index (χ1) is 10.9. The van der Waals surface area contributed by atoms with Gasteiger partial charge in [0.15, 0.2) is 0 Å². The molecule has 0 spiro atoms. The van der Waals surface area contributed by atoms with Crippen LogP contribution in [0.15, 0.2) is 18.2 Å². The van der Waals surface area contributed by atoms with Gasteiger partial charge in [-0.15, -0.1) is 0 Å². The molecule has 0 heterocycles. The number of hydrogen-bond acceptors (Lipinski definition) is 3. The number of hydrogen-bond donors (Lipinski definition) is 1. The number of halogens is 4. The van der Waals surface area contributed by atoms with Gasteiger partial charge in [-0.2, -0.15) is 13.2 Å². The Morgan fingerprint density at radius 3 is 2.42 bits per heavy atom. The summed E-state index contributed by atoms with van der Waals surface area (Å²) < 4.78 is 63.0. The van der Waals surface area contributed by atoms with E-state index in [1.54, 1.807) is 6.92 Å². The fourth-order valence-electron chi connectivity index (χ4n) is 1.81. The van der Waals surface area contributed by atoms with Crippen molar-refractivity contribution in [2.75, 3.05) is 17.1 Å². The summed E-state index contributed by atoms with van der Waals surface area (Å²) in [4.78, 5) is 12.0. The van der Waals surface area contributed by atoms with Crippen molar-refractivity contribution >= 4 is 33.2 Å². The molecule has 1 aromatic carbocycles. The predicted octanol–water partition coefficient (Wildman–Crippen LogP) is 3.04. The molecule has 0 bridgehead atoms. The zero-order valence-corrected chi connectivity index (χ0v) is 14.9. The summed E-state index contributed by atoms with van der Waals surface area (Å²) in [7, 11) is -4.02. The van der Waals surface area contributed by atoms with Crippen molar-refractivity contribution in [3.05, 3.63) is 28.8 Å². The number of carbonyl (C=O) groups excluding carboxylic acids is 1. The van der Waals surface area contributed by atoms with E-state index >= 15 is 0 Å². The smallest absolute Gasteiger partial charge is 0.352 e. The van der Waals surface area contributed by atoms with E-state index in [9.17, 15) is 26.4 Å². The first-order valence-electron chi connectivity index (χ1n) is 7.00. The van der Waals surface area contributed by atoms with Gasteiger partial charge < -0.3 is 5.32 Å². The SMILES string of the molecule is CCC(C)NC(=O)CN(c1cc(C(F)(F)F)ccc1Cl)S(C)(=O)=O. The maximum absolute atomic E-state index is 12.8. The lowest BCUT2D eigenvalue weighted by Gasteiger charge is -2.24. The molecule has 0 aliphatic heterocycles. The van der Waals surface area contributed by atoms with Gasteiger partial charge in [0, 0.05) is 6.04 Å². The van der Waals surface area contributed by atoms with Gasteiger partial charge in [0.2, 0.25) is 15.9 Å². The number of carbonyl (C=O) groups is 1. The van der Waals surface area contributed by atoms with Crippen LogP contribution in [0.1, 0.15) is 25.8 Å². The van der Waals surface area contributed by atoms with Gasteiger partial charge >= 0.3 is 6.18 Å². The Balaban J connectivity index is 3.26. The molecule has 0 saturated carbocycles. The van der Waals surface area contributed by atoms with Crippen LogP contribution in [-0.2, 0) is 21.0 Å². The Bertz CT molecular complexity index is 708. The molecule has 1 N–H and O–H groups in total. The predicted molar refractivity (Wildman–Crippen MR) is 86.5 cm³/mol. The third-order valence-electron chi connectivity index (χ3n) is 3.25. The lowest BCUT2D eigenvalue weighted by Crippen LogP contribution is -2.43. The van der Waals surface area contributed by atoms with Crippen LogP contribution < -0.4 is 9.62 Å². The lowest BCUT2D eigenvalue weighted by molar-refractivity contribution is -0.137. The number of nitrogens with one attached hydrogen (secondary N) is 1. The molecule has 24 heavy (non-hydrogen) atoms. The van der Waals surface area contributed by atoms with E-state index in [0.29, 0.717) is 16.8 Å². The highest BCUT2D eigenvalue weighted by molar-refractivity contribution is 7.92. The molecule has 5 nitrogen and oxygen atoms in total. The van der Waals surface area contributed by atoms with Crippen molar-refractivity contribution in [2.45, 2.75) is 32.5 Å². The van der Waals surface area contributed by atoms with E-state index in [1.165, 1.54) is 0 Å². The number of amides is 1. The third kappa shape index (κ3) is 5.55. The van der Waals surface area contributed by atoms with Gasteiger partial charge in [-0.1, -0.05) is 18.5 Å². The standard InChI is InChI=1S/C14H18ClF3N2O3S/c1-4-9(2)19-13(21)8-20(24(3,22)23)12-7-10(14(16,17)18)5-6-11(12)15/h5-7,9H,4,8H2,1-3H3,(H,19,21). The Morgan fingerprint density at radius 2 is 1.96 bits per heavy atom. The van der Waals surface area contributed by atoms with Gasteiger partial charge in [0.1, 0.15) is 6.54 Å². The van der Waals surface area contributed by atoms with Crippen molar-refractivity contribution in [3.8, 4) is 0 Å². The molecular weight excluding hydrogens is 369 g/mol. The second-order valence-corrected chi connectivity index (χ2v) is 7.62. The largest absolute Gasteiger partial charge is 0.416 e. The molecule has 0 aliphatic rings. The van der Waals surface area contributed by atoms with E-state index in [4.69, 9.17) is 11.6 Å². The molecule has 1 unspecified atom stereocenters. The second-order valence-electron chi connectivity index (χ2n) is 5.31. The number of sulfonamides is 1. The van der Waals surface area contributed by atoms with Crippen LogP contribution in [0, 0.1) is 0 Å². The lowest BCUT2D eigenvalue weighted by atomic mass is 10.2. The number of nitrogens with zero attached hydrogens (tertiary/aromatic N) is 1. The van der Waals surface area contributed by atoms with Crippen molar-refractivity contribution in [2.24, 2.45) is 0 Å². The van der Waals surface area contributed by atoms with Crippen molar-refractivity contribution in [1.29, 1.82) is 0 Å². The summed E-state index contributed by atoms with van der Waals surface area (Å²) in [5, 5.41) is 2.35. The number of benzene rings is 1. The fourth-order valence-corrected chi connectivity index (χ4v) is 2.94. The minimum Gasteiger partial charge on any atom is -0.352 e. The first-order valence-corrected chi connectivity index (χ1v) is 9.22. The van der Waals surface area contributed by atoms with Crippen molar-refractivity contribution in [1.82, 2.24) is 5.32 Å². The topological polar surface area (TPSA) is 66.5 Å². The van der Waals surface area contributed by atoms with Gasteiger partial charge in [-0.3, -0.25) is 9.10 Å². The summed E-state index contributed by atoms with van der Waals surface area (Å²) in [5.74, 6) is -0.636. The fraction of sp³-hybridized carbons (Fsp3) is 0.500. The van der Waals surface area contributed by atoms with E-state index < -0.39 is 39.9 Å². The van der Waals surface area contributed by atoms with Crippen LogP contribution in [0.25, 0.3) is 0 Å². The quantitative estimate of drug-likeness (QED) is 0.817. The number of anilines is 1. The molecule has 1 aromatic rings. The van der Waals surface area contributed by atoms with Crippen LogP contribution in [0.4, 0.5) is 18.9 Å². The van der Waals surface area contributed by atoms with E-state index in [-0.39, 0.29) is 11.1 Å². The molecule has 1 rings (SSSR count). The molecule has 0 aliphatic carbocycles. The summed E-state index contributed by atoms with van der Waals surface area (Å²) in [6.07, 6.45) is -3.25. The minimum atomic E-state index is -4.67. The summed E-state index contributed by atoms with van der Waals surface area (Å²) >= 11 is 5.86. The molecule has 0 saturated heterocycles. The molecular formula is C14H18ClF3N2O3S. The molecule has 1 atom stereocenters. The highest BCUT2D eigenvalue weighted by Gasteiger charge is 2.33. The normalized spacial score (nSPS) is 13.5. The maximum atomic E-state index is 12.8. The highest BCUT2D eigenvalue weighted by atomic mass is 35.5. The minimum absolute atomic E-state index is 0.198. The average molecular weight is 387 g/mol. The third-order valence-corrected chi connectivity index (χ3v) is 4.70. The van der Waals surface area contributed by atoms with Crippen LogP contribution >= 0.6 is 11.6 Å². The molecule has 0 aromatic heterocycles. The Kier molecular flexibility index (Phi) is 6.52.